The Morgan fingerprint density at radius 2 is 1.89 bits per heavy atom. The molecule has 0 spiro atoms. The number of hydrogen-bond donors (Lipinski definition) is 2. The Morgan fingerprint density at radius 3 is 2.54 bits per heavy atom. The minimum atomic E-state index is -0.191. The number of carbonyl (C=O) groups is 1. The van der Waals surface area contributed by atoms with Crippen LogP contribution in [0.3, 0.4) is 0 Å². The average molecular weight is 509 g/mol. The standard InChI is InChI=1S/C20H39N5O2.HI/c1-4-21-19(22-12-8-14-24-13-7-6-9-17(24)3)23-18-10-15-25(16-11-18)20(26)27-5-2;/h17-18H,4-16H2,1-3H3,(H2,21,22,23);1H. The van der Waals surface area contributed by atoms with Crippen LogP contribution in [0, 0.1) is 0 Å². The second kappa shape index (κ2) is 14.3. The molecule has 0 bridgehead atoms. The summed E-state index contributed by atoms with van der Waals surface area (Å²) in [5, 5.41) is 6.89. The van der Waals surface area contributed by atoms with Gasteiger partial charge in [-0.15, -0.1) is 24.0 Å². The minimum absolute atomic E-state index is 0. The fourth-order valence-corrected chi connectivity index (χ4v) is 3.89. The fraction of sp³-hybridized carbons (Fsp3) is 0.900. The topological polar surface area (TPSA) is 69.2 Å². The SMILES string of the molecule is CCNC(=NCCCN1CCCCC1C)NC1CCN(C(=O)OCC)CC1.I. The molecule has 28 heavy (non-hydrogen) atoms. The van der Waals surface area contributed by atoms with Gasteiger partial charge in [0.25, 0.3) is 0 Å². The number of rotatable bonds is 7. The predicted octanol–water partition coefficient (Wildman–Crippen LogP) is 3.04. The molecule has 1 unspecified atom stereocenters. The van der Waals surface area contributed by atoms with Crippen LogP contribution in [0.2, 0.25) is 0 Å². The van der Waals surface area contributed by atoms with Crippen molar-refractivity contribution >= 4 is 36.0 Å². The molecule has 0 aromatic rings. The lowest BCUT2D eigenvalue weighted by molar-refractivity contribution is 0.0963. The van der Waals surface area contributed by atoms with Crippen molar-refractivity contribution in [3.05, 3.63) is 0 Å². The highest BCUT2D eigenvalue weighted by Crippen LogP contribution is 2.16. The van der Waals surface area contributed by atoms with Crippen molar-refractivity contribution in [2.45, 2.75) is 71.4 Å². The van der Waals surface area contributed by atoms with Gasteiger partial charge in [0.1, 0.15) is 0 Å². The van der Waals surface area contributed by atoms with Gasteiger partial charge in [0.2, 0.25) is 0 Å². The summed E-state index contributed by atoms with van der Waals surface area (Å²) in [5.74, 6) is 0.902. The van der Waals surface area contributed by atoms with E-state index < -0.39 is 0 Å². The Kier molecular flexibility index (Phi) is 12.9. The van der Waals surface area contributed by atoms with Gasteiger partial charge in [-0.2, -0.15) is 0 Å². The molecule has 8 heteroatoms. The highest BCUT2D eigenvalue weighted by molar-refractivity contribution is 14.0. The van der Waals surface area contributed by atoms with E-state index in [2.05, 4.69) is 29.4 Å². The zero-order chi connectivity index (χ0) is 19.5. The van der Waals surface area contributed by atoms with E-state index in [4.69, 9.17) is 9.73 Å². The molecule has 0 aliphatic carbocycles. The summed E-state index contributed by atoms with van der Waals surface area (Å²) in [4.78, 5) is 21.0. The number of nitrogens with zero attached hydrogens (tertiary/aromatic N) is 3. The van der Waals surface area contributed by atoms with Crippen LogP contribution in [0.1, 0.15) is 59.3 Å². The lowest BCUT2D eigenvalue weighted by atomic mass is 10.0. The van der Waals surface area contributed by atoms with Crippen molar-refractivity contribution in [2.75, 3.05) is 45.9 Å². The average Bonchev–Trinajstić information content (AvgIpc) is 2.67. The van der Waals surface area contributed by atoms with Crippen LogP contribution in [0.25, 0.3) is 0 Å². The molecule has 0 radical (unpaired) electrons. The lowest BCUT2D eigenvalue weighted by Crippen LogP contribution is -2.50. The van der Waals surface area contributed by atoms with Crippen LogP contribution in [0.4, 0.5) is 4.79 Å². The van der Waals surface area contributed by atoms with E-state index >= 15 is 0 Å². The molecule has 2 rings (SSSR count). The number of carbonyl (C=O) groups excluding carboxylic acids is 1. The molecule has 0 aromatic carbocycles. The zero-order valence-electron chi connectivity index (χ0n) is 17.9. The Morgan fingerprint density at radius 1 is 1.14 bits per heavy atom. The maximum Gasteiger partial charge on any atom is 0.409 e. The molecule has 1 atom stereocenters. The summed E-state index contributed by atoms with van der Waals surface area (Å²) in [6.45, 7) is 12.3. The second-order valence-electron chi connectivity index (χ2n) is 7.60. The number of nitrogens with one attached hydrogen (secondary N) is 2. The fourth-order valence-electron chi connectivity index (χ4n) is 3.89. The Labute approximate surface area is 188 Å². The van der Waals surface area contributed by atoms with Crippen molar-refractivity contribution in [2.24, 2.45) is 4.99 Å². The van der Waals surface area contributed by atoms with E-state index in [9.17, 15) is 4.79 Å². The highest BCUT2D eigenvalue weighted by Gasteiger charge is 2.24. The second-order valence-corrected chi connectivity index (χ2v) is 7.60. The lowest BCUT2D eigenvalue weighted by Gasteiger charge is -2.33. The number of piperidine rings is 2. The first-order chi connectivity index (χ1) is 13.1. The molecular formula is C20H40IN5O2. The number of likely N-dealkylation sites (tertiary alicyclic amines) is 2. The predicted molar refractivity (Wildman–Crippen MR) is 126 cm³/mol. The van der Waals surface area contributed by atoms with Gasteiger partial charge in [0, 0.05) is 44.8 Å². The molecule has 0 saturated carbocycles. The van der Waals surface area contributed by atoms with Gasteiger partial charge in [-0.1, -0.05) is 6.42 Å². The number of ether oxygens (including phenoxy) is 1. The first-order valence-corrected chi connectivity index (χ1v) is 10.8. The molecule has 2 aliphatic heterocycles. The smallest absolute Gasteiger partial charge is 0.409 e. The first-order valence-electron chi connectivity index (χ1n) is 10.8. The van der Waals surface area contributed by atoms with Gasteiger partial charge in [0.05, 0.1) is 6.61 Å². The molecule has 2 saturated heterocycles. The molecule has 1 amide bonds. The van der Waals surface area contributed by atoms with E-state index in [0.717, 1.165) is 64.0 Å². The maximum absolute atomic E-state index is 11.8. The molecule has 0 aromatic heterocycles. The quantitative estimate of drug-likeness (QED) is 0.239. The normalized spacial score (nSPS) is 21.8. The van der Waals surface area contributed by atoms with E-state index in [0.29, 0.717) is 12.6 Å². The number of amides is 1. The van der Waals surface area contributed by atoms with Gasteiger partial charge < -0.3 is 25.2 Å². The highest BCUT2D eigenvalue weighted by atomic mass is 127. The van der Waals surface area contributed by atoms with E-state index in [1.165, 1.54) is 25.8 Å². The third-order valence-electron chi connectivity index (χ3n) is 5.52. The molecule has 164 valence electrons. The van der Waals surface area contributed by atoms with Crippen molar-refractivity contribution in [3.8, 4) is 0 Å². The molecule has 7 nitrogen and oxygen atoms in total. The third kappa shape index (κ3) is 8.71. The van der Waals surface area contributed by atoms with Crippen LogP contribution in [-0.2, 0) is 4.74 Å². The molecule has 2 aliphatic rings. The van der Waals surface area contributed by atoms with Crippen LogP contribution in [-0.4, -0.2) is 79.8 Å². The Bertz CT molecular complexity index is 470. The number of guanidine groups is 1. The number of halogens is 1. The molecule has 2 fully saturated rings. The van der Waals surface area contributed by atoms with Gasteiger partial charge in [-0.25, -0.2) is 4.79 Å². The van der Waals surface area contributed by atoms with Gasteiger partial charge in [0.15, 0.2) is 5.96 Å². The monoisotopic (exact) mass is 509 g/mol. The zero-order valence-corrected chi connectivity index (χ0v) is 20.2. The van der Waals surface area contributed by atoms with Crippen molar-refractivity contribution in [1.82, 2.24) is 20.4 Å². The maximum atomic E-state index is 11.8. The largest absolute Gasteiger partial charge is 0.450 e. The van der Waals surface area contributed by atoms with Crippen LogP contribution in [0.15, 0.2) is 4.99 Å². The van der Waals surface area contributed by atoms with Crippen LogP contribution in [0.5, 0.6) is 0 Å². The van der Waals surface area contributed by atoms with Gasteiger partial charge in [-0.05, 0) is 59.4 Å². The van der Waals surface area contributed by atoms with E-state index in [1.807, 2.05) is 6.92 Å². The molecular weight excluding hydrogens is 469 g/mol. The van der Waals surface area contributed by atoms with Crippen LogP contribution < -0.4 is 10.6 Å². The Hall–Kier alpha value is -0.770. The summed E-state index contributed by atoms with van der Waals surface area (Å²) in [6, 6.07) is 1.08. The summed E-state index contributed by atoms with van der Waals surface area (Å²) < 4.78 is 5.09. The number of hydrogen-bond acceptors (Lipinski definition) is 4. The van der Waals surface area contributed by atoms with Crippen molar-refractivity contribution in [3.63, 3.8) is 0 Å². The van der Waals surface area contributed by atoms with Crippen molar-refractivity contribution < 1.29 is 9.53 Å². The van der Waals surface area contributed by atoms with E-state index in [1.54, 1.807) is 4.90 Å². The summed E-state index contributed by atoms with van der Waals surface area (Å²) in [7, 11) is 0. The van der Waals surface area contributed by atoms with E-state index in [-0.39, 0.29) is 30.1 Å². The summed E-state index contributed by atoms with van der Waals surface area (Å²) in [6.07, 6.45) is 6.80. The Balaban J connectivity index is 0.00000392. The minimum Gasteiger partial charge on any atom is -0.450 e. The number of aliphatic imine (C=N–C) groups is 1. The first kappa shape index (κ1) is 25.3. The third-order valence-corrected chi connectivity index (χ3v) is 5.52. The summed E-state index contributed by atoms with van der Waals surface area (Å²) >= 11 is 0. The van der Waals surface area contributed by atoms with Gasteiger partial charge >= 0.3 is 6.09 Å². The summed E-state index contributed by atoms with van der Waals surface area (Å²) in [5.41, 5.74) is 0. The molecule has 2 heterocycles. The van der Waals surface area contributed by atoms with Crippen molar-refractivity contribution in [1.29, 1.82) is 0 Å². The van der Waals surface area contributed by atoms with Gasteiger partial charge in [-0.3, -0.25) is 4.99 Å². The van der Waals surface area contributed by atoms with Crippen LogP contribution >= 0.6 is 24.0 Å². The molecule has 2 N–H and O–H groups in total.